The first-order valence-corrected chi connectivity index (χ1v) is 7.83. The van der Waals surface area contributed by atoms with Crippen molar-refractivity contribution < 1.29 is 9.53 Å². The lowest BCUT2D eigenvalue weighted by Crippen LogP contribution is -2.48. The number of allylic oxidation sites excluding steroid dienone is 1. The standard InChI is InChI=1S/C16H28N2O2/c1-16(2,3)20-15(19)18-11-9-14(10-12-18)17-13-7-5-4-6-8-13/h4-5,13-14,17H,6-12H2,1-3H3. The van der Waals surface area contributed by atoms with E-state index in [-0.39, 0.29) is 6.09 Å². The van der Waals surface area contributed by atoms with Crippen LogP contribution in [0.2, 0.25) is 0 Å². The Labute approximate surface area is 122 Å². The van der Waals surface area contributed by atoms with Gasteiger partial charge in [-0.2, -0.15) is 0 Å². The van der Waals surface area contributed by atoms with Crippen LogP contribution in [0.5, 0.6) is 0 Å². The third-order valence-electron chi connectivity index (χ3n) is 3.89. The van der Waals surface area contributed by atoms with E-state index in [2.05, 4.69) is 17.5 Å². The fraction of sp³-hybridized carbons (Fsp3) is 0.812. The van der Waals surface area contributed by atoms with Crippen LogP contribution in [0.25, 0.3) is 0 Å². The first kappa shape index (κ1) is 15.4. The summed E-state index contributed by atoms with van der Waals surface area (Å²) in [5, 5.41) is 3.74. The van der Waals surface area contributed by atoms with Gasteiger partial charge in [-0.25, -0.2) is 4.79 Å². The molecule has 2 aliphatic rings. The molecule has 0 spiro atoms. The number of piperidine rings is 1. The van der Waals surface area contributed by atoms with Gasteiger partial charge in [-0.15, -0.1) is 0 Å². The number of hydrogen-bond acceptors (Lipinski definition) is 3. The maximum absolute atomic E-state index is 12.0. The molecule has 1 amide bonds. The Morgan fingerprint density at radius 3 is 2.40 bits per heavy atom. The summed E-state index contributed by atoms with van der Waals surface area (Å²) in [5.41, 5.74) is -0.402. The molecule has 1 saturated heterocycles. The zero-order chi connectivity index (χ0) is 14.6. The molecule has 1 heterocycles. The van der Waals surface area contributed by atoms with Gasteiger partial charge >= 0.3 is 6.09 Å². The van der Waals surface area contributed by atoms with Crippen LogP contribution in [0.15, 0.2) is 12.2 Å². The predicted octanol–water partition coefficient (Wildman–Crippen LogP) is 3.08. The summed E-state index contributed by atoms with van der Waals surface area (Å²) in [6, 6.07) is 1.17. The van der Waals surface area contributed by atoms with Crippen molar-refractivity contribution in [3.63, 3.8) is 0 Å². The highest BCUT2D eigenvalue weighted by Gasteiger charge is 2.27. The summed E-state index contributed by atoms with van der Waals surface area (Å²) in [4.78, 5) is 13.8. The Kier molecular flexibility index (Phi) is 5.08. The van der Waals surface area contributed by atoms with Gasteiger partial charge in [-0.05, 0) is 52.9 Å². The Hall–Kier alpha value is -1.03. The van der Waals surface area contributed by atoms with Gasteiger partial charge in [0, 0.05) is 25.2 Å². The number of amides is 1. The van der Waals surface area contributed by atoms with Crippen LogP contribution in [0, 0.1) is 0 Å². The highest BCUT2D eigenvalue weighted by Crippen LogP contribution is 2.18. The Balaban J connectivity index is 1.72. The van der Waals surface area contributed by atoms with Crippen LogP contribution >= 0.6 is 0 Å². The molecule has 1 aliphatic carbocycles. The second-order valence-electron chi connectivity index (χ2n) is 6.89. The fourth-order valence-electron chi connectivity index (χ4n) is 2.83. The third kappa shape index (κ3) is 4.82. The largest absolute Gasteiger partial charge is 0.444 e. The lowest BCUT2D eigenvalue weighted by atomic mass is 9.98. The van der Waals surface area contributed by atoms with E-state index in [4.69, 9.17) is 4.74 Å². The molecular formula is C16H28N2O2. The average molecular weight is 280 g/mol. The lowest BCUT2D eigenvalue weighted by Gasteiger charge is -2.35. The molecule has 20 heavy (non-hydrogen) atoms. The molecule has 0 aromatic rings. The van der Waals surface area contributed by atoms with Crippen molar-refractivity contribution in [2.45, 2.75) is 70.6 Å². The smallest absolute Gasteiger partial charge is 0.410 e. The number of nitrogens with zero attached hydrogens (tertiary/aromatic N) is 1. The number of carbonyl (C=O) groups is 1. The van der Waals surface area contributed by atoms with E-state index < -0.39 is 5.60 Å². The van der Waals surface area contributed by atoms with Crippen LogP contribution in [0.3, 0.4) is 0 Å². The maximum Gasteiger partial charge on any atom is 0.410 e. The summed E-state index contributed by atoms with van der Waals surface area (Å²) in [7, 11) is 0. The molecule has 0 radical (unpaired) electrons. The number of likely N-dealkylation sites (tertiary alicyclic amines) is 1. The summed E-state index contributed by atoms with van der Waals surface area (Å²) >= 11 is 0. The molecule has 0 saturated carbocycles. The normalized spacial score (nSPS) is 24.8. The fourth-order valence-corrected chi connectivity index (χ4v) is 2.83. The molecule has 1 fully saturated rings. The minimum Gasteiger partial charge on any atom is -0.444 e. The number of ether oxygens (including phenoxy) is 1. The van der Waals surface area contributed by atoms with E-state index >= 15 is 0 Å². The summed E-state index contributed by atoms with van der Waals surface area (Å²) in [5.74, 6) is 0. The quantitative estimate of drug-likeness (QED) is 0.790. The summed E-state index contributed by atoms with van der Waals surface area (Å²) in [6.45, 7) is 7.34. The van der Waals surface area contributed by atoms with Crippen molar-refractivity contribution in [3.8, 4) is 0 Å². The average Bonchev–Trinajstić information content (AvgIpc) is 2.39. The molecule has 1 N–H and O–H groups in total. The Morgan fingerprint density at radius 2 is 1.85 bits per heavy atom. The zero-order valence-corrected chi connectivity index (χ0v) is 13.0. The van der Waals surface area contributed by atoms with E-state index in [1.165, 1.54) is 12.8 Å². The van der Waals surface area contributed by atoms with Crippen LogP contribution < -0.4 is 5.32 Å². The molecule has 0 aromatic carbocycles. The maximum atomic E-state index is 12.0. The minimum atomic E-state index is -0.402. The molecule has 2 rings (SSSR count). The van der Waals surface area contributed by atoms with Crippen molar-refractivity contribution in [1.82, 2.24) is 10.2 Å². The van der Waals surface area contributed by atoms with E-state index in [1.807, 2.05) is 25.7 Å². The van der Waals surface area contributed by atoms with Gasteiger partial charge in [0.2, 0.25) is 0 Å². The molecule has 1 aliphatic heterocycles. The first-order valence-electron chi connectivity index (χ1n) is 7.83. The van der Waals surface area contributed by atoms with Gasteiger partial charge in [-0.3, -0.25) is 0 Å². The molecule has 4 heteroatoms. The molecule has 4 nitrogen and oxygen atoms in total. The zero-order valence-electron chi connectivity index (χ0n) is 13.0. The Bertz CT molecular complexity index is 352. The van der Waals surface area contributed by atoms with Crippen LogP contribution in [-0.2, 0) is 4.74 Å². The second kappa shape index (κ2) is 6.61. The van der Waals surface area contributed by atoms with Gasteiger partial charge < -0.3 is 15.0 Å². The van der Waals surface area contributed by atoms with Crippen LogP contribution in [0.1, 0.15) is 52.9 Å². The molecule has 1 atom stereocenters. The number of nitrogens with one attached hydrogen (secondary N) is 1. The lowest BCUT2D eigenvalue weighted by molar-refractivity contribution is 0.0195. The molecule has 1 unspecified atom stereocenters. The molecular weight excluding hydrogens is 252 g/mol. The van der Waals surface area contributed by atoms with E-state index in [9.17, 15) is 4.79 Å². The predicted molar refractivity (Wildman–Crippen MR) is 80.7 cm³/mol. The second-order valence-corrected chi connectivity index (χ2v) is 6.89. The SMILES string of the molecule is CC(C)(C)OC(=O)N1CCC(NC2CC=CCC2)CC1. The van der Waals surface area contributed by atoms with Gasteiger partial charge in [0.05, 0.1) is 0 Å². The first-order chi connectivity index (χ1) is 9.44. The molecule has 0 bridgehead atoms. The number of rotatable bonds is 2. The number of hydrogen-bond donors (Lipinski definition) is 1. The highest BCUT2D eigenvalue weighted by molar-refractivity contribution is 5.68. The van der Waals surface area contributed by atoms with Gasteiger partial charge in [0.25, 0.3) is 0 Å². The third-order valence-corrected chi connectivity index (χ3v) is 3.89. The number of carbonyl (C=O) groups excluding carboxylic acids is 1. The molecule has 0 aromatic heterocycles. The van der Waals surface area contributed by atoms with E-state index in [0.29, 0.717) is 12.1 Å². The van der Waals surface area contributed by atoms with Crippen molar-refractivity contribution in [2.75, 3.05) is 13.1 Å². The van der Waals surface area contributed by atoms with Gasteiger partial charge in [0.1, 0.15) is 5.60 Å². The van der Waals surface area contributed by atoms with Crippen LogP contribution in [0.4, 0.5) is 4.79 Å². The topological polar surface area (TPSA) is 41.6 Å². The van der Waals surface area contributed by atoms with Crippen molar-refractivity contribution in [2.24, 2.45) is 0 Å². The monoisotopic (exact) mass is 280 g/mol. The van der Waals surface area contributed by atoms with E-state index in [0.717, 1.165) is 32.4 Å². The van der Waals surface area contributed by atoms with Crippen molar-refractivity contribution in [1.29, 1.82) is 0 Å². The summed E-state index contributed by atoms with van der Waals surface area (Å²) in [6.07, 6.45) is 10.00. The molecule has 114 valence electrons. The summed E-state index contributed by atoms with van der Waals surface area (Å²) < 4.78 is 5.42. The van der Waals surface area contributed by atoms with Crippen LogP contribution in [-0.4, -0.2) is 41.8 Å². The van der Waals surface area contributed by atoms with Gasteiger partial charge in [-0.1, -0.05) is 12.2 Å². The minimum absolute atomic E-state index is 0.170. The van der Waals surface area contributed by atoms with Crippen molar-refractivity contribution >= 4 is 6.09 Å². The van der Waals surface area contributed by atoms with Crippen molar-refractivity contribution in [3.05, 3.63) is 12.2 Å². The van der Waals surface area contributed by atoms with E-state index in [1.54, 1.807) is 0 Å². The highest BCUT2D eigenvalue weighted by atomic mass is 16.6. The Morgan fingerprint density at radius 1 is 1.15 bits per heavy atom. The van der Waals surface area contributed by atoms with Gasteiger partial charge in [0.15, 0.2) is 0 Å².